The number of fused-ring (bicyclic) bond motifs is 4. The average Bonchev–Trinajstić information content (AvgIpc) is 2.91. The van der Waals surface area contributed by atoms with Crippen molar-refractivity contribution in [1.82, 2.24) is 4.57 Å². The van der Waals surface area contributed by atoms with Crippen molar-refractivity contribution in [3.8, 4) is 0 Å². The number of carbonyl (C=O) groups excluding carboxylic acids is 1. The molecule has 114 valence electrons. The van der Waals surface area contributed by atoms with Crippen LogP contribution in [0.2, 0.25) is 0 Å². The first-order valence-electron chi connectivity index (χ1n) is 7.77. The van der Waals surface area contributed by atoms with Gasteiger partial charge in [0.1, 0.15) is 5.69 Å². The molecule has 0 aliphatic rings. The van der Waals surface area contributed by atoms with Crippen LogP contribution in [0, 0.1) is 0 Å². The molecule has 23 heavy (non-hydrogen) atoms. The number of benzene rings is 3. The van der Waals surface area contributed by atoms with E-state index in [1.54, 1.807) is 0 Å². The number of aryl methyl sites for hydroxylation is 1. The third kappa shape index (κ3) is 2.08. The molecule has 0 spiro atoms. The lowest BCUT2D eigenvalue weighted by atomic mass is 10.0. The molecule has 0 amide bonds. The maximum Gasteiger partial charge on any atom is 0.354 e. The van der Waals surface area contributed by atoms with Crippen molar-refractivity contribution in [2.75, 3.05) is 6.61 Å². The highest BCUT2D eigenvalue weighted by molar-refractivity contribution is 6.13. The van der Waals surface area contributed by atoms with Gasteiger partial charge in [-0.05, 0) is 52.7 Å². The monoisotopic (exact) mass is 303 g/mol. The molecular weight excluding hydrogens is 286 g/mol. The van der Waals surface area contributed by atoms with Gasteiger partial charge in [-0.1, -0.05) is 30.3 Å². The van der Waals surface area contributed by atoms with Gasteiger partial charge in [0.15, 0.2) is 0 Å². The third-order valence-electron chi connectivity index (χ3n) is 4.39. The maximum atomic E-state index is 12.1. The second kappa shape index (κ2) is 5.13. The van der Waals surface area contributed by atoms with Crippen LogP contribution in [-0.2, 0) is 11.8 Å². The van der Waals surface area contributed by atoms with Gasteiger partial charge in [0.05, 0.1) is 6.61 Å². The molecule has 0 saturated heterocycles. The Kier molecular flexibility index (Phi) is 3.08. The lowest BCUT2D eigenvalue weighted by molar-refractivity contribution is 0.0516. The van der Waals surface area contributed by atoms with Crippen molar-refractivity contribution in [2.24, 2.45) is 7.05 Å². The number of esters is 1. The van der Waals surface area contributed by atoms with Gasteiger partial charge in [-0.3, -0.25) is 0 Å². The topological polar surface area (TPSA) is 31.2 Å². The first-order valence-corrected chi connectivity index (χ1v) is 7.77. The SMILES string of the molecule is CCOC(=O)c1cc2c3cc4ccccc4cc3ccc2n1C. The van der Waals surface area contributed by atoms with Crippen LogP contribution in [0.5, 0.6) is 0 Å². The summed E-state index contributed by atoms with van der Waals surface area (Å²) in [6.07, 6.45) is 0. The summed E-state index contributed by atoms with van der Waals surface area (Å²) in [4.78, 5) is 12.1. The van der Waals surface area contributed by atoms with Crippen LogP contribution in [0.1, 0.15) is 17.4 Å². The average molecular weight is 303 g/mol. The van der Waals surface area contributed by atoms with E-state index in [0.717, 1.165) is 16.3 Å². The quantitative estimate of drug-likeness (QED) is 0.398. The van der Waals surface area contributed by atoms with Crippen molar-refractivity contribution in [3.63, 3.8) is 0 Å². The Morgan fingerprint density at radius 1 is 0.957 bits per heavy atom. The lowest BCUT2D eigenvalue weighted by Gasteiger charge is -2.05. The van der Waals surface area contributed by atoms with Crippen LogP contribution in [0.3, 0.4) is 0 Å². The molecule has 4 aromatic rings. The highest BCUT2D eigenvalue weighted by Gasteiger charge is 2.15. The van der Waals surface area contributed by atoms with E-state index in [1.165, 1.54) is 16.2 Å². The minimum Gasteiger partial charge on any atom is -0.461 e. The molecule has 0 atom stereocenters. The predicted octanol–water partition coefficient (Wildman–Crippen LogP) is 4.66. The Bertz CT molecular complexity index is 1060. The molecule has 0 fully saturated rings. The van der Waals surface area contributed by atoms with Crippen molar-refractivity contribution in [1.29, 1.82) is 0 Å². The first kappa shape index (κ1) is 13.8. The van der Waals surface area contributed by atoms with E-state index in [-0.39, 0.29) is 5.97 Å². The summed E-state index contributed by atoms with van der Waals surface area (Å²) in [6.45, 7) is 2.20. The second-order valence-electron chi connectivity index (χ2n) is 5.73. The van der Waals surface area contributed by atoms with Crippen LogP contribution in [-0.4, -0.2) is 17.1 Å². The molecule has 0 N–H and O–H groups in total. The molecule has 0 radical (unpaired) electrons. The highest BCUT2D eigenvalue weighted by Crippen LogP contribution is 2.31. The molecule has 0 bridgehead atoms. The number of aromatic nitrogens is 1. The molecule has 1 aromatic heterocycles. The minimum atomic E-state index is -0.278. The summed E-state index contributed by atoms with van der Waals surface area (Å²) >= 11 is 0. The Balaban J connectivity index is 2.05. The summed E-state index contributed by atoms with van der Waals surface area (Å²) in [7, 11) is 1.90. The Morgan fingerprint density at radius 3 is 2.43 bits per heavy atom. The molecule has 0 aliphatic carbocycles. The number of ether oxygens (including phenoxy) is 1. The van der Waals surface area contributed by atoms with E-state index < -0.39 is 0 Å². The van der Waals surface area contributed by atoms with E-state index in [9.17, 15) is 4.79 Å². The molecule has 1 heterocycles. The smallest absolute Gasteiger partial charge is 0.354 e. The zero-order valence-corrected chi connectivity index (χ0v) is 13.2. The summed E-state index contributed by atoms with van der Waals surface area (Å²) in [5.74, 6) is -0.278. The van der Waals surface area contributed by atoms with Crippen molar-refractivity contribution >= 4 is 38.4 Å². The van der Waals surface area contributed by atoms with E-state index in [0.29, 0.717) is 12.3 Å². The van der Waals surface area contributed by atoms with E-state index >= 15 is 0 Å². The molecule has 4 rings (SSSR count). The summed E-state index contributed by atoms with van der Waals surface area (Å²) in [6, 6.07) is 18.8. The predicted molar refractivity (Wildman–Crippen MR) is 93.9 cm³/mol. The Morgan fingerprint density at radius 2 is 1.70 bits per heavy atom. The van der Waals surface area contributed by atoms with Crippen LogP contribution < -0.4 is 0 Å². The van der Waals surface area contributed by atoms with E-state index in [4.69, 9.17) is 4.74 Å². The maximum absolute atomic E-state index is 12.1. The number of nitrogens with zero attached hydrogens (tertiary/aromatic N) is 1. The summed E-state index contributed by atoms with van der Waals surface area (Å²) in [5.41, 5.74) is 1.62. The van der Waals surface area contributed by atoms with E-state index in [1.807, 2.05) is 36.7 Å². The fourth-order valence-electron chi connectivity index (χ4n) is 3.23. The molecule has 0 unspecified atom stereocenters. The standard InChI is InChI=1S/C20H17NO2/c1-3-23-20(22)19-12-17-16-11-14-7-5-4-6-13(14)10-15(16)8-9-18(17)21(19)2/h4-12H,3H2,1-2H3. The van der Waals surface area contributed by atoms with Gasteiger partial charge in [-0.25, -0.2) is 4.79 Å². The lowest BCUT2D eigenvalue weighted by Crippen LogP contribution is -2.09. The molecule has 3 aromatic carbocycles. The number of hydrogen-bond donors (Lipinski definition) is 0. The van der Waals surface area contributed by atoms with Gasteiger partial charge in [0, 0.05) is 18.0 Å². The fourth-order valence-corrected chi connectivity index (χ4v) is 3.23. The van der Waals surface area contributed by atoms with Crippen LogP contribution in [0.15, 0.2) is 54.6 Å². The van der Waals surface area contributed by atoms with Crippen LogP contribution in [0.4, 0.5) is 0 Å². The summed E-state index contributed by atoms with van der Waals surface area (Å²) in [5, 5.41) is 5.85. The normalized spacial score (nSPS) is 11.4. The third-order valence-corrected chi connectivity index (χ3v) is 4.39. The Hall–Kier alpha value is -2.81. The second-order valence-corrected chi connectivity index (χ2v) is 5.73. The fraction of sp³-hybridized carbons (Fsp3) is 0.150. The number of carbonyl (C=O) groups is 1. The van der Waals surface area contributed by atoms with Gasteiger partial charge in [0.2, 0.25) is 0 Å². The van der Waals surface area contributed by atoms with Crippen molar-refractivity contribution in [3.05, 3.63) is 60.3 Å². The molecular formula is C20H17NO2. The minimum absolute atomic E-state index is 0.278. The molecule has 0 aliphatic heterocycles. The molecule has 3 heteroatoms. The zero-order chi connectivity index (χ0) is 16.0. The van der Waals surface area contributed by atoms with Gasteiger partial charge < -0.3 is 9.30 Å². The molecule has 0 saturated carbocycles. The van der Waals surface area contributed by atoms with Gasteiger partial charge in [-0.15, -0.1) is 0 Å². The van der Waals surface area contributed by atoms with E-state index in [2.05, 4.69) is 36.4 Å². The first-order chi connectivity index (χ1) is 11.2. The number of rotatable bonds is 2. The van der Waals surface area contributed by atoms with Gasteiger partial charge >= 0.3 is 5.97 Å². The van der Waals surface area contributed by atoms with Gasteiger partial charge in [-0.2, -0.15) is 0 Å². The number of hydrogen-bond acceptors (Lipinski definition) is 2. The highest BCUT2D eigenvalue weighted by atomic mass is 16.5. The molecule has 3 nitrogen and oxygen atoms in total. The van der Waals surface area contributed by atoms with Gasteiger partial charge in [0.25, 0.3) is 0 Å². The van der Waals surface area contributed by atoms with Crippen LogP contribution in [0.25, 0.3) is 32.4 Å². The van der Waals surface area contributed by atoms with Crippen molar-refractivity contribution < 1.29 is 9.53 Å². The Labute approximate surface area is 134 Å². The van der Waals surface area contributed by atoms with Crippen LogP contribution >= 0.6 is 0 Å². The largest absolute Gasteiger partial charge is 0.461 e. The summed E-state index contributed by atoms with van der Waals surface area (Å²) < 4.78 is 7.07. The van der Waals surface area contributed by atoms with Crippen molar-refractivity contribution in [2.45, 2.75) is 6.92 Å². The zero-order valence-electron chi connectivity index (χ0n) is 13.2.